The zero-order valence-corrected chi connectivity index (χ0v) is 79.6. The van der Waals surface area contributed by atoms with Gasteiger partial charge in [0, 0.05) is 43.1 Å². The quantitative estimate of drug-likeness (QED) is 0.154. The van der Waals surface area contributed by atoms with Crippen LogP contribution in [-0.4, -0.2) is 55.1 Å². The Morgan fingerprint density at radius 1 is 0.248 bits per heavy atom. The summed E-state index contributed by atoms with van der Waals surface area (Å²) in [5.74, 6) is 4.23. The molecule has 0 aliphatic heterocycles. The Balaban J connectivity index is 0.0000000900. The van der Waals surface area contributed by atoms with E-state index < -0.39 is 0 Å². The second kappa shape index (κ2) is 30.6. The van der Waals surface area contributed by atoms with Gasteiger partial charge in [0.05, 0.1) is 129 Å². The second-order valence-corrected chi connectivity index (χ2v) is 40.1. The van der Waals surface area contributed by atoms with Crippen LogP contribution in [0.4, 0.5) is 5.69 Å². The van der Waals surface area contributed by atoms with Crippen LogP contribution in [-0.2, 0) is 5.41 Å². The lowest BCUT2D eigenvalue weighted by Gasteiger charge is -2.23. The van der Waals surface area contributed by atoms with Gasteiger partial charge in [-0.3, -0.25) is 35.2 Å². The summed E-state index contributed by atoms with van der Waals surface area (Å²) in [7, 11) is 0. The van der Waals surface area contributed by atoms with E-state index in [4.69, 9.17) is 26.5 Å². The largest absolute Gasteiger partial charge is 0.277 e. The van der Waals surface area contributed by atoms with Gasteiger partial charge in [-0.15, -0.1) is 0 Å². The van der Waals surface area contributed by atoms with E-state index >= 15 is 0 Å². The lowest BCUT2D eigenvalue weighted by atomic mass is 9.81. The van der Waals surface area contributed by atoms with Crippen molar-refractivity contribution in [2.45, 2.75) is 46.0 Å². The van der Waals surface area contributed by atoms with Gasteiger partial charge in [0.1, 0.15) is 0 Å². The van der Waals surface area contributed by atoms with Crippen molar-refractivity contribution < 1.29 is 0 Å². The highest BCUT2D eigenvalue weighted by atomic mass is 15.2. The molecule has 145 heavy (non-hydrogen) atoms. The Labute approximate surface area is 828 Å². The van der Waals surface area contributed by atoms with E-state index in [0.717, 1.165) is 123 Å². The minimum Gasteiger partial charge on any atom is -0.277 e. The third-order valence-electron chi connectivity index (χ3n) is 30.6. The number of imidazole rings is 8. The lowest BCUT2D eigenvalue weighted by Crippen LogP contribution is -2.12. The van der Waals surface area contributed by atoms with E-state index in [0.29, 0.717) is 17.2 Å². The summed E-state index contributed by atoms with van der Waals surface area (Å²) in [5.41, 5.74) is 38.2. The molecule has 33 rings (SSSR count). The van der Waals surface area contributed by atoms with Gasteiger partial charge in [-0.05, 0) is 279 Å². The van der Waals surface area contributed by atoms with E-state index in [1.807, 2.05) is 54.6 Å². The van der Waals surface area contributed by atoms with Crippen molar-refractivity contribution in [2.75, 3.05) is 0 Å². The molecule has 0 N–H and O–H groups in total. The number of hydrogen-bond donors (Lipinski definition) is 0. The summed E-state index contributed by atoms with van der Waals surface area (Å²) in [6, 6.07) is 149. The molecule has 0 radical (unpaired) electrons. The molecule has 12 heterocycles. The first kappa shape index (κ1) is 81.7. The van der Waals surface area contributed by atoms with Crippen LogP contribution in [0.3, 0.4) is 0 Å². The monoisotopic (exact) mass is 1850 g/mol. The average Bonchev–Trinajstić information content (AvgIpc) is 1.53. The van der Waals surface area contributed by atoms with Gasteiger partial charge >= 0.3 is 0 Å². The van der Waals surface area contributed by atoms with Gasteiger partial charge in [-0.1, -0.05) is 289 Å². The molecule has 0 amide bonds. The van der Waals surface area contributed by atoms with Crippen LogP contribution in [0.15, 0.2) is 413 Å². The highest BCUT2D eigenvalue weighted by Crippen LogP contribution is 2.50. The molecule has 14 heteroatoms. The van der Waals surface area contributed by atoms with Crippen molar-refractivity contribution in [2.24, 2.45) is 0 Å². The van der Waals surface area contributed by atoms with E-state index in [2.05, 4.69) is 439 Å². The highest BCUT2D eigenvalue weighted by molar-refractivity contribution is 6.25. The molecular weight excluding hydrogens is 1770 g/mol. The van der Waals surface area contributed by atoms with Gasteiger partial charge in [0.2, 0.25) is 23.1 Å². The topological polar surface area (TPSA) is 115 Å². The number of fused-ring (bicyclic) bond motifs is 36. The Bertz CT molecular complexity index is 11400. The molecule has 0 unspecified atom stereocenters. The van der Waals surface area contributed by atoms with Crippen molar-refractivity contribution in [3.63, 3.8) is 0 Å². The fraction of sp³-hybridized carbons (Fsp3) is 0.0534. The van der Waals surface area contributed by atoms with Crippen molar-refractivity contribution in [1.29, 1.82) is 5.26 Å². The minimum atomic E-state index is 0.0446. The fourth-order valence-corrected chi connectivity index (χ4v) is 24.2. The number of nitriles is 1. The van der Waals surface area contributed by atoms with Gasteiger partial charge in [-0.25, -0.2) is 24.8 Å². The van der Waals surface area contributed by atoms with Crippen LogP contribution in [0, 0.1) is 17.9 Å². The van der Waals surface area contributed by atoms with E-state index in [9.17, 15) is 5.26 Å². The van der Waals surface area contributed by atoms with Crippen LogP contribution in [0.25, 0.3) is 280 Å². The standard InChI is InChI=1S/C36H20N4.C33H25N3.C32H23N3.C30H16N4/c37-21-22-14-15-27(23-8-2-1-3-9-23)28(16-22)26-18-30-29-17-24-10-4-5-11-25(24)19-33(29)40-35(30)34(20-26)39-32-13-7-6-12-31(32)38-36(39)40;1-33(2,3)26-13-7-6-12-23(26)22-17-25-24-16-20-10-4-5-11-21(20)18-29(24)36-31(25)30(19-22)35-28-15-9-8-14-27(28)34-32(35)36;1-19(2)23-11-5-6-12-24(23)22-16-26-25-15-20-9-3-4-10-21(20)17-29(25)35-31(26)30(18-22)34-28-14-8-7-13-27(28)33-32(34)35;1-31-24-11-5-4-10-21(24)20-15-23-22-14-18-8-2-3-9-19(18)16-27(22)34-29(23)28(17-20)33-26-13-7-6-12-25(26)32-30(33)34/h1-20H;4-19H,1-3H3;3-19H,1-2H3;2-17H. The molecule has 14 nitrogen and oxygen atoms in total. The zero-order valence-electron chi connectivity index (χ0n) is 79.6. The third-order valence-corrected chi connectivity index (χ3v) is 30.6. The predicted octanol–water partition coefficient (Wildman–Crippen LogP) is 33.7. The summed E-state index contributed by atoms with van der Waals surface area (Å²) in [6.45, 7) is 19.1. The zero-order chi connectivity index (χ0) is 96.2. The average molecular weight is 1850 g/mol. The number of para-hydroxylation sites is 9. The van der Waals surface area contributed by atoms with E-state index in [-0.39, 0.29) is 5.41 Å². The van der Waals surface area contributed by atoms with Crippen LogP contribution < -0.4 is 0 Å². The maximum absolute atomic E-state index is 9.82. The van der Waals surface area contributed by atoms with Crippen molar-refractivity contribution in [3.8, 4) is 61.7 Å². The molecule has 0 aliphatic carbocycles. The van der Waals surface area contributed by atoms with E-state index in [1.165, 1.54) is 164 Å². The van der Waals surface area contributed by atoms with Crippen molar-refractivity contribution in [3.05, 3.63) is 441 Å². The fourth-order valence-electron chi connectivity index (χ4n) is 24.2. The SMILES string of the molecule is CC(C)(C)c1ccccc1-c1cc2c3cc4ccccc4cc3n3c2c(c1)n1c2ccccc2nc13.CC(C)c1ccccc1-c1cc2c3cc4ccccc4cc3n3c2c(c1)n1c2ccccc2nc13.N#Cc1ccc(-c2ccccc2)c(-c2cc3c4cc5ccccc5cc4n4c3c(c2)n2c3ccccc3nc24)c1.[C-]#[N+]c1ccccc1-c1cc2c3cc4ccccc4cc3n3c2c(c1)n1c2ccccc2nc13. The molecule has 33 aromatic rings. The molecule has 0 saturated heterocycles. The van der Waals surface area contributed by atoms with Crippen LogP contribution in [0.5, 0.6) is 0 Å². The smallest absolute Gasteiger partial charge is 0.220 e. The van der Waals surface area contributed by atoms with Crippen molar-refractivity contribution in [1.82, 2.24) is 55.1 Å². The molecule has 0 saturated carbocycles. The Morgan fingerprint density at radius 3 is 0.917 bits per heavy atom. The first-order valence-electron chi connectivity index (χ1n) is 49.5. The first-order chi connectivity index (χ1) is 71.3. The molecule has 678 valence electrons. The van der Waals surface area contributed by atoms with Gasteiger partial charge < -0.3 is 0 Å². The minimum absolute atomic E-state index is 0.0446. The van der Waals surface area contributed by atoms with Crippen molar-refractivity contribution >= 4 is 225 Å². The van der Waals surface area contributed by atoms with Gasteiger partial charge in [0.15, 0.2) is 5.69 Å². The molecule has 0 fully saturated rings. The molecule has 0 bridgehead atoms. The van der Waals surface area contributed by atoms with Gasteiger partial charge in [-0.2, -0.15) is 5.26 Å². The maximum atomic E-state index is 9.82. The van der Waals surface area contributed by atoms with Gasteiger partial charge in [0.25, 0.3) is 0 Å². The molecule has 0 atom stereocenters. The van der Waals surface area contributed by atoms with Crippen LogP contribution in [0.2, 0.25) is 0 Å². The Morgan fingerprint density at radius 2 is 0.552 bits per heavy atom. The third kappa shape index (κ3) is 11.9. The highest BCUT2D eigenvalue weighted by Gasteiger charge is 2.31. The van der Waals surface area contributed by atoms with E-state index in [1.54, 1.807) is 0 Å². The first-order valence-corrected chi connectivity index (χ1v) is 49.5. The number of nitrogens with zero attached hydrogens (tertiary/aromatic N) is 14. The summed E-state index contributed by atoms with van der Waals surface area (Å²) in [5, 5.41) is 29.6. The molecule has 0 aliphatic rings. The molecule has 21 aromatic carbocycles. The van der Waals surface area contributed by atoms with Crippen LogP contribution >= 0.6 is 0 Å². The molecule has 12 aromatic heterocycles. The predicted molar refractivity (Wildman–Crippen MR) is 600 cm³/mol. The summed E-state index contributed by atoms with van der Waals surface area (Å²) < 4.78 is 18.6. The number of aromatic nitrogens is 12. The second-order valence-electron chi connectivity index (χ2n) is 40.1. The Kier molecular flexibility index (Phi) is 17.2. The summed E-state index contributed by atoms with van der Waals surface area (Å²) >= 11 is 0. The maximum Gasteiger partial charge on any atom is 0.220 e. The number of benzene rings is 21. The summed E-state index contributed by atoms with van der Waals surface area (Å²) in [4.78, 5) is 24.2. The van der Waals surface area contributed by atoms with Crippen LogP contribution in [0.1, 0.15) is 57.2 Å². The molecular formula is C131H84N14. The number of rotatable bonds is 6. The summed E-state index contributed by atoms with van der Waals surface area (Å²) in [6.07, 6.45) is 0. The normalized spacial score (nSPS) is 12.4. The Hall–Kier alpha value is -19.3. The molecule has 0 spiro atoms. The number of hydrogen-bond acceptors (Lipinski definition) is 5. The lowest BCUT2D eigenvalue weighted by molar-refractivity contribution is 0.592.